The van der Waals surface area contributed by atoms with E-state index in [1.165, 1.54) is 11.1 Å². The van der Waals surface area contributed by atoms with Crippen molar-refractivity contribution in [2.24, 2.45) is 0 Å². The zero-order chi connectivity index (χ0) is 11.9. The highest BCUT2D eigenvalue weighted by molar-refractivity contribution is 5.39. The van der Waals surface area contributed by atoms with Crippen molar-refractivity contribution in [2.45, 2.75) is 19.8 Å². The van der Waals surface area contributed by atoms with Gasteiger partial charge in [0, 0.05) is 13.0 Å². The van der Waals surface area contributed by atoms with Crippen molar-refractivity contribution in [3.8, 4) is 5.75 Å². The number of ether oxygens (including phenoxy) is 2. The molecule has 0 radical (unpaired) electrons. The molecule has 0 spiro atoms. The molecule has 0 saturated heterocycles. The van der Waals surface area contributed by atoms with Crippen LogP contribution in [0.3, 0.4) is 0 Å². The minimum atomic E-state index is 0.794. The number of likely N-dealkylation sites (N-methyl/N-ethyl adjacent to an activating group) is 1. The van der Waals surface area contributed by atoms with E-state index in [0.29, 0.717) is 0 Å². The number of hydrogen-bond acceptors (Lipinski definition) is 3. The van der Waals surface area contributed by atoms with Crippen molar-refractivity contribution in [1.29, 1.82) is 0 Å². The quantitative estimate of drug-likeness (QED) is 0.731. The average Bonchev–Trinajstić information content (AvgIpc) is 2.81. The van der Waals surface area contributed by atoms with Crippen LogP contribution in [0.2, 0.25) is 0 Å². The smallest absolute Gasteiger partial charge is 0.122 e. The predicted molar refractivity (Wildman–Crippen MR) is 68.7 cm³/mol. The van der Waals surface area contributed by atoms with Crippen molar-refractivity contribution in [3.05, 3.63) is 29.3 Å². The molecule has 2 rings (SSSR count). The third-order valence-corrected chi connectivity index (χ3v) is 2.96. The molecule has 1 aliphatic rings. The lowest BCUT2D eigenvalue weighted by Crippen LogP contribution is -2.19. The highest BCUT2D eigenvalue weighted by Gasteiger charge is 2.11. The van der Waals surface area contributed by atoms with E-state index in [9.17, 15) is 0 Å². The first-order valence-electron chi connectivity index (χ1n) is 6.43. The van der Waals surface area contributed by atoms with E-state index in [0.717, 1.165) is 51.5 Å². The van der Waals surface area contributed by atoms with E-state index in [4.69, 9.17) is 9.47 Å². The summed E-state index contributed by atoms with van der Waals surface area (Å²) in [6.45, 7) is 6.47. The number of hydrogen-bond donors (Lipinski definition) is 1. The number of rotatable bonds is 7. The van der Waals surface area contributed by atoms with Gasteiger partial charge in [0.25, 0.3) is 0 Å². The minimum absolute atomic E-state index is 0.794. The Morgan fingerprint density at radius 3 is 3.18 bits per heavy atom. The van der Waals surface area contributed by atoms with Gasteiger partial charge in [-0.2, -0.15) is 0 Å². The lowest BCUT2D eigenvalue weighted by atomic mass is 10.1. The topological polar surface area (TPSA) is 30.5 Å². The zero-order valence-corrected chi connectivity index (χ0v) is 10.5. The third kappa shape index (κ3) is 3.72. The first kappa shape index (κ1) is 12.4. The first-order chi connectivity index (χ1) is 8.40. The van der Waals surface area contributed by atoms with E-state index in [1.807, 2.05) is 0 Å². The van der Waals surface area contributed by atoms with Gasteiger partial charge in [-0.05, 0) is 30.2 Å². The molecule has 0 unspecified atom stereocenters. The monoisotopic (exact) mass is 235 g/mol. The van der Waals surface area contributed by atoms with Crippen LogP contribution in [0.25, 0.3) is 0 Å². The molecule has 0 bridgehead atoms. The molecular weight excluding hydrogens is 214 g/mol. The molecule has 3 nitrogen and oxygen atoms in total. The number of nitrogens with one attached hydrogen (secondary N) is 1. The molecule has 0 amide bonds. The molecule has 0 aromatic heterocycles. The Hall–Kier alpha value is -1.06. The van der Waals surface area contributed by atoms with Crippen LogP contribution in [-0.2, 0) is 17.6 Å². The molecule has 1 aromatic carbocycles. The van der Waals surface area contributed by atoms with Crippen molar-refractivity contribution >= 4 is 0 Å². The molecule has 1 aromatic rings. The maximum atomic E-state index is 5.57. The molecule has 0 fully saturated rings. The van der Waals surface area contributed by atoms with Gasteiger partial charge in [-0.15, -0.1) is 0 Å². The normalized spacial score (nSPS) is 13.5. The summed E-state index contributed by atoms with van der Waals surface area (Å²) in [4.78, 5) is 0. The second-order valence-corrected chi connectivity index (χ2v) is 4.26. The summed E-state index contributed by atoms with van der Waals surface area (Å²) in [6.07, 6.45) is 2.03. The van der Waals surface area contributed by atoms with Crippen molar-refractivity contribution in [2.75, 3.05) is 32.9 Å². The fraction of sp³-hybridized carbons (Fsp3) is 0.571. The molecule has 1 aliphatic heterocycles. The highest BCUT2D eigenvalue weighted by Crippen LogP contribution is 2.25. The largest absolute Gasteiger partial charge is 0.493 e. The molecule has 1 heterocycles. The van der Waals surface area contributed by atoms with E-state index in [2.05, 4.69) is 30.4 Å². The number of fused-ring (bicyclic) bond motifs is 1. The summed E-state index contributed by atoms with van der Waals surface area (Å²) in [5, 5.41) is 3.24. The van der Waals surface area contributed by atoms with E-state index in [-0.39, 0.29) is 0 Å². The molecule has 17 heavy (non-hydrogen) atoms. The average molecular weight is 235 g/mol. The minimum Gasteiger partial charge on any atom is -0.493 e. The maximum absolute atomic E-state index is 5.57. The summed E-state index contributed by atoms with van der Waals surface area (Å²) >= 11 is 0. The molecule has 0 atom stereocenters. The standard InChI is InChI=1S/C14H21NO2/c1-2-15-7-10-16-8-5-12-3-4-14-13(11-12)6-9-17-14/h3-4,11,15H,2,5-10H2,1H3. The van der Waals surface area contributed by atoms with Gasteiger partial charge in [0.05, 0.1) is 19.8 Å². The lowest BCUT2D eigenvalue weighted by molar-refractivity contribution is 0.139. The maximum Gasteiger partial charge on any atom is 0.122 e. The summed E-state index contributed by atoms with van der Waals surface area (Å²) < 4.78 is 11.0. The third-order valence-electron chi connectivity index (χ3n) is 2.96. The molecule has 94 valence electrons. The molecule has 3 heteroatoms. The van der Waals surface area contributed by atoms with Gasteiger partial charge in [-0.3, -0.25) is 0 Å². The Labute approximate surface area is 103 Å². The molecule has 0 aliphatic carbocycles. The zero-order valence-electron chi connectivity index (χ0n) is 10.5. The van der Waals surface area contributed by atoms with Crippen LogP contribution in [0.4, 0.5) is 0 Å². The van der Waals surface area contributed by atoms with Crippen LogP contribution in [0.1, 0.15) is 18.1 Å². The molecule has 0 saturated carbocycles. The molecule has 1 N–H and O–H groups in total. The van der Waals surface area contributed by atoms with Gasteiger partial charge in [0.2, 0.25) is 0 Å². The van der Waals surface area contributed by atoms with Gasteiger partial charge >= 0.3 is 0 Å². The van der Waals surface area contributed by atoms with Crippen LogP contribution < -0.4 is 10.1 Å². The fourth-order valence-corrected chi connectivity index (χ4v) is 2.01. The van der Waals surface area contributed by atoms with Crippen LogP contribution >= 0.6 is 0 Å². The predicted octanol–water partition coefficient (Wildman–Crippen LogP) is 1.79. The lowest BCUT2D eigenvalue weighted by Gasteiger charge is -2.06. The van der Waals surface area contributed by atoms with E-state index < -0.39 is 0 Å². The second kappa shape index (κ2) is 6.62. The summed E-state index contributed by atoms with van der Waals surface area (Å²) in [5.74, 6) is 1.06. The highest BCUT2D eigenvalue weighted by atomic mass is 16.5. The Morgan fingerprint density at radius 2 is 2.29 bits per heavy atom. The van der Waals surface area contributed by atoms with Crippen LogP contribution in [-0.4, -0.2) is 32.9 Å². The Bertz CT molecular complexity index is 352. The van der Waals surface area contributed by atoms with Crippen molar-refractivity contribution in [1.82, 2.24) is 5.32 Å². The van der Waals surface area contributed by atoms with Crippen LogP contribution in [0.15, 0.2) is 18.2 Å². The second-order valence-electron chi connectivity index (χ2n) is 4.26. The molecular formula is C14H21NO2. The summed E-state index contributed by atoms with van der Waals surface area (Å²) in [7, 11) is 0. The SMILES string of the molecule is CCNCCOCCc1ccc2c(c1)CCO2. The van der Waals surface area contributed by atoms with Crippen molar-refractivity contribution in [3.63, 3.8) is 0 Å². The fourth-order valence-electron chi connectivity index (χ4n) is 2.01. The summed E-state index contributed by atoms with van der Waals surface area (Å²) in [6, 6.07) is 6.46. The van der Waals surface area contributed by atoms with Gasteiger partial charge < -0.3 is 14.8 Å². The van der Waals surface area contributed by atoms with Crippen molar-refractivity contribution < 1.29 is 9.47 Å². The Morgan fingerprint density at radius 1 is 1.35 bits per heavy atom. The van der Waals surface area contributed by atoms with Crippen LogP contribution in [0, 0.1) is 0 Å². The van der Waals surface area contributed by atoms with E-state index >= 15 is 0 Å². The van der Waals surface area contributed by atoms with Gasteiger partial charge in [0.1, 0.15) is 5.75 Å². The Balaban J connectivity index is 1.69. The van der Waals surface area contributed by atoms with E-state index in [1.54, 1.807) is 0 Å². The Kier molecular flexibility index (Phi) is 4.83. The van der Waals surface area contributed by atoms with Crippen LogP contribution in [0.5, 0.6) is 5.75 Å². The van der Waals surface area contributed by atoms with Gasteiger partial charge in [-0.1, -0.05) is 19.1 Å². The summed E-state index contributed by atoms with van der Waals surface area (Å²) in [5.41, 5.74) is 2.69. The first-order valence-corrected chi connectivity index (χ1v) is 6.43. The number of benzene rings is 1. The van der Waals surface area contributed by atoms with Gasteiger partial charge in [-0.25, -0.2) is 0 Å². The van der Waals surface area contributed by atoms with Gasteiger partial charge in [0.15, 0.2) is 0 Å².